The molecule has 0 spiro atoms. The van der Waals surface area contributed by atoms with Gasteiger partial charge in [0.25, 0.3) is 0 Å². The third-order valence-corrected chi connectivity index (χ3v) is 19.5. The zero-order valence-corrected chi connectivity index (χ0v) is 47.7. The fourth-order valence-corrected chi connectivity index (χ4v) is 15.5. The van der Waals surface area contributed by atoms with Crippen molar-refractivity contribution in [3.8, 4) is 33.4 Å². The summed E-state index contributed by atoms with van der Waals surface area (Å²) in [5, 5.41) is 9.08. The van der Waals surface area contributed by atoms with Crippen LogP contribution < -0.4 is 9.80 Å². The quantitative estimate of drug-likeness (QED) is 0.137. The van der Waals surface area contributed by atoms with Gasteiger partial charge in [-0.05, 0) is 135 Å². The number of benzene rings is 12. The van der Waals surface area contributed by atoms with E-state index in [2.05, 4.69) is 252 Å². The van der Waals surface area contributed by atoms with Gasteiger partial charge in [0.05, 0.1) is 22.7 Å². The van der Waals surface area contributed by atoms with Crippen molar-refractivity contribution in [2.45, 2.75) is 82.5 Å². The third-order valence-electron chi connectivity index (χ3n) is 19.5. The molecule has 2 heterocycles. The maximum Gasteiger partial charge on any atom is 0.159 e. The van der Waals surface area contributed by atoms with E-state index in [1.165, 1.54) is 131 Å². The van der Waals surface area contributed by atoms with E-state index in [0.29, 0.717) is 11.8 Å². The van der Waals surface area contributed by atoms with Gasteiger partial charge >= 0.3 is 0 Å². The first kappa shape index (κ1) is 49.9. The summed E-state index contributed by atoms with van der Waals surface area (Å²) in [7, 11) is 0. The second kappa shape index (κ2) is 20.6. The lowest BCUT2D eigenvalue weighted by Gasteiger charge is -2.30. The summed E-state index contributed by atoms with van der Waals surface area (Å²) in [6.07, 6.45) is 13.5. The van der Waals surface area contributed by atoms with Crippen molar-refractivity contribution in [3.05, 3.63) is 265 Å². The summed E-state index contributed by atoms with van der Waals surface area (Å²) in [4.78, 5) is 5.05. The SMILES string of the molecule is c1ccc(-c2cccc3c2Cc2c-3cccc2N(c2cccc(C3CCCCC3)c2)c2cc3oc4cc(N(c5cccc(C6CCCCC6)c5)c5cccc6c5oc5c(-c7ccccc7)cccc56)c5ccccc5c4c3c3ccccc23)cc1. The van der Waals surface area contributed by atoms with Crippen LogP contribution in [0.4, 0.5) is 34.1 Å². The minimum Gasteiger partial charge on any atom is -0.456 e. The lowest BCUT2D eigenvalue weighted by Crippen LogP contribution is -2.14. The van der Waals surface area contributed by atoms with Gasteiger partial charge in [-0.25, -0.2) is 0 Å². The Morgan fingerprint density at radius 2 is 0.729 bits per heavy atom. The van der Waals surface area contributed by atoms with Gasteiger partial charge in [0.2, 0.25) is 0 Å². The summed E-state index contributed by atoms with van der Waals surface area (Å²) >= 11 is 0. The molecular weight excluding hydrogens is 1030 g/mol. The molecule has 410 valence electrons. The van der Waals surface area contributed by atoms with Crippen LogP contribution in [0.3, 0.4) is 0 Å². The highest BCUT2D eigenvalue weighted by atomic mass is 16.3. The summed E-state index contributed by atoms with van der Waals surface area (Å²) in [5.41, 5.74) is 23.0. The van der Waals surface area contributed by atoms with E-state index in [0.717, 1.165) is 94.9 Å². The fourth-order valence-electron chi connectivity index (χ4n) is 15.5. The number of hydrogen-bond acceptors (Lipinski definition) is 4. The average Bonchev–Trinajstić information content (AvgIpc) is 2.36. The van der Waals surface area contributed by atoms with Crippen molar-refractivity contribution >= 4 is 99.5 Å². The summed E-state index contributed by atoms with van der Waals surface area (Å²) in [6, 6.07) is 90.3. The molecule has 0 bridgehead atoms. The van der Waals surface area contributed by atoms with Gasteiger partial charge in [-0.15, -0.1) is 0 Å². The van der Waals surface area contributed by atoms with Gasteiger partial charge in [0.15, 0.2) is 5.58 Å². The van der Waals surface area contributed by atoms with Crippen LogP contribution in [0.1, 0.15) is 98.3 Å². The monoisotopic (exact) mass is 1100 g/mol. The molecule has 4 heteroatoms. The summed E-state index contributed by atoms with van der Waals surface area (Å²) < 4.78 is 14.9. The number of fused-ring (bicyclic) bond motifs is 13. The Labute approximate surface area is 496 Å². The van der Waals surface area contributed by atoms with Crippen molar-refractivity contribution in [1.29, 1.82) is 0 Å². The predicted molar refractivity (Wildman–Crippen MR) is 356 cm³/mol. The number of rotatable bonds is 10. The van der Waals surface area contributed by atoms with Crippen molar-refractivity contribution in [2.75, 3.05) is 9.80 Å². The van der Waals surface area contributed by atoms with Gasteiger partial charge in [-0.3, -0.25) is 0 Å². The molecule has 2 aromatic heterocycles. The highest BCUT2D eigenvalue weighted by Gasteiger charge is 2.31. The lowest BCUT2D eigenvalue weighted by molar-refractivity contribution is 0.443. The summed E-state index contributed by atoms with van der Waals surface area (Å²) in [6.45, 7) is 0. The van der Waals surface area contributed by atoms with Crippen LogP contribution >= 0.6 is 0 Å². The van der Waals surface area contributed by atoms with Crippen LogP contribution in [0.5, 0.6) is 0 Å². The Morgan fingerprint density at radius 3 is 1.33 bits per heavy atom. The van der Waals surface area contributed by atoms with E-state index in [9.17, 15) is 0 Å². The van der Waals surface area contributed by atoms with Gasteiger partial charge in [-0.2, -0.15) is 0 Å². The van der Waals surface area contributed by atoms with E-state index in [1.54, 1.807) is 0 Å². The molecule has 3 aliphatic carbocycles. The molecule has 85 heavy (non-hydrogen) atoms. The van der Waals surface area contributed by atoms with Crippen molar-refractivity contribution in [1.82, 2.24) is 0 Å². The molecule has 0 aliphatic heterocycles. The van der Waals surface area contributed by atoms with Gasteiger partial charge < -0.3 is 18.6 Å². The third kappa shape index (κ3) is 8.32. The van der Waals surface area contributed by atoms with Crippen LogP contribution in [-0.2, 0) is 6.42 Å². The zero-order valence-electron chi connectivity index (χ0n) is 47.7. The second-order valence-electron chi connectivity index (χ2n) is 24.2. The number of nitrogens with zero attached hydrogens (tertiary/aromatic N) is 2. The van der Waals surface area contributed by atoms with E-state index in [-0.39, 0.29) is 0 Å². The first-order valence-corrected chi connectivity index (χ1v) is 31.1. The number of furan rings is 2. The van der Waals surface area contributed by atoms with Gasteiger partial charge in [0.1, 0.15) is 16.7 Å². The Morgan fingerprint density at radius 1 is 0.294 bits per heavy atom. The molecule has 2 saturated carbocycles. The van der Waals surface area contributed by atoms with Crippen LogP contribution in [0.25, 0.3) is 98.8 Å². The van der Waals surface area contributed by atoms with Crippen LogP contribution in [0.2, 0.25) is 0 Å². The van der Waals surface area contributed by atoms with Crippen LogP contribution in [0.15, 0.2) is 251 Å². The van der Waals surface area contributed by atoms with Gasteiger partial charge in [0, 0.05) is 67.8 Å². The Kier molecular flexibility index (Phi) is 12.1. The molecule has 0 N–H and O–H groups in total. The zero-order chi connectivity index (χ0) is 56.0. The topological polar surface area (TPSA) is 32.8 Å². The molecule has 12 aromatic carbocycles. The maximum atomic E-state index is 7.56. The molecule has 2 fully saturated rings. The molecule has 0 unspecified atom stereocenters. The molecule has 17 rings (SSSR count). The molecular formula is C81H64N2O2. The predicted octanol–water partition coefficient (Wildman–Crippen LogP) is 23.7. The highest BCUT2D eigenvalue weighted by Crippen LogP contribution is 2.54. The molecule has 4 nitrogen and oxygen atoms in total. The smallest absolute Gasteiger partial charge is 0.159 e. The van der Waals surface area contributed by atoms with Crippen LogP contribution in [-0.4, -0.2) is 0 Å². The molecule has 0 saturated heterocycles. The lowest BCUT2D eigenvalue weighted by atomic mass is 9.84. The first-order valence-electron chi connectivity index (χ1n) is 31.1. The number of anilines is 6. The maximum absolute atomic E-state index is 7.56. The fraction of sp³-hybridized carbons (Fsp3) is 0.160. The van der Waals surface area contributed by atoms with Crippen LogP contribution in [0, 0.1) is 0 Å². The van der Waals surface area contributed by atoms with E-state index < -0.39 is 0 Å². The summed E-state index contributed by atoms with van der Waals surface area (Å²) in [5.74, 6) is 1.07. The normalized spacial score (nSPS) is 14.7. The second-order valence-corrected chi connectivity index (χ2v) is 24.2. The Bertz CT molecular complexity index is 4900. The average molecular weight is 1100 g/mol. The Hall–Kier alpha value is -9.64. The molecule has 0 atom stereocenters. The number of hydrogen-bond donors (Lipinski definition) is 0. The first-order chi connectivity index (χ1) is 42.2. The van der Waals surface area contributed by atoms with E-state index in [4.69, 9.17) is 8.83 Å². The largest absolute Gasteiger partial charge is 0.456 e. The van der Waals surface area contributed by atoms with E-state index in [1.807, 2.05) is 0 Å². The standard InChI is InChI=1S/C81H64N2O2/c1-5-23-52(24-6-1)56-31-17-33-58(47-56)82(72-45-21-42-63-62-41-19-39-60(70(62)49-71(63)72)54-27-9-3-10-28-54)74-50-76-78(66-37-15-13-35-64(66)74)79-67-38-16-14-36-65(67)75(51-77(79)84-76)83(59-34-18-32-57(48-59)53-25-7-2-8-26-53)73-46-22-44-69-68-43-20-40-61(80(68)85-81(69)73)55-29-11-4-12-30-55/h3-4,9-22,27-48,50-53H,1-2,5-8,23-26,49H2. The highest BCUT2D eigenvalue weighted by molar-refractivity contribution is 6.30. The molecule has 14 aromatic rings. The minimum absolute atomic E-state index is 0.524. The molecule has 3 aliphatic rings. The van der Waals surface area contributed by atoms with Crippen molar-refractivity contribution < 1.29 is 8.83 Å². The van der Waals surface area contributed by atoms with Crippen molar-refractivity contribution in [2.24, 2.45) is 0 Å². The number of para-hydroxylation sites is 2. The van der Waals surface area contributed by atoms with Gasteiger partial charge in [-0.1, -0.05) is 233 Å². The Balaban J connectivity index is 0.899. The van der Waals surface area contributed by atoms with Crippen molar-refractivity contribution in [3.63, 3.8) is 0 Å². The minimum atomic E-state index is 0.524. The van der Waals surface area contributed by atoms with E-state index >= 15 is 0 Å². The molecule has 0 amide bonds. The molecule has 0 radical (unpaired) electrons.